The molecule has 1 amide bonds. The van der Waals surface area contributed by atoms with Crippen molar-refractivity contribution in [2.75, 3.05) is 6.54 Å². The van der Waals surface area contributed by atoms with E-state index in [1.54, 1.807) is 20.8 Å². The van der Waals surface area contributed by atoms with Crippen molar-refractivity contribution < 1.29 is 14.7 Å². The van der Waals surface area contributed by atoms with Gasteiger partial charge < -0.3 is 10.4 Å². The molecule has 0 aliphatic carbocycles. The normalized spacial score (nSPS) is 12.2. The summed E-state index contributed by atoms with van der Waals surface area (Å²) in [5.74, 6) is -1.17. The van der Waals surface area contributed by atoms with E-state index in [-0.39, 0.29) is 11.5 Å². The van der Waals surface area contributed by atoms with Crippen LogP contribution in [-0.2, 0) is 4.79 Å². The van der Waals surface area contributed by atoms with Crippen LogP contribution in [0.1, 0.15) is 48.1 Å². The van der Waals surface area contributed by atoms with Gasteiger partial charge in [-0.1, -0.05) is 6.92 Å². The highest BCUT2D eigenvalue weighted by Gasteiger charge is 2.23. The van der Waals surface area contributed by atoms with Crippen LogP contribution in [0.4, 0.5) is 0 Å². The molecule has 0 spiro atoms. The highest BCUT2D eigenvalue weighted by Crippen LogP contribution is 2.17. The average molecular weight is 253 g/mol. The molecule has 100 valence electrons. The number of carbonyl (C=O) groups excluding carboxylic acids is 1. The van der Waals surface area contributed by atoms with Crippen LogP contribution >= 0.6 is 0 Å². The number of hydrogen-bond acceptors (Lipinski definition) is 3. The summed E-state index contributed by atoms with van der Waals surface area (Å²) in [5, 5.41) is 16.0. The van der Waals surface area contributed by atoms with Crippen molar-refractivity contribution in [3.05, 3.63) is 17.0 Å². The lowest BCUT2D eigenvalue weighted by atomic mass is 10.2. The second kappa shape index (κ2) is 5.66. The Morgan fingerprint density at radius 2 is 2.06 bits per heavy atom. The van der Waals surface area contributed by atoms with Gasteiger partial charge in [-0.15, -0.1) is 0 Å². The van der Waals surface area contributed by atoms with E-state index in [1.165, 1.54) is 4.68 Å². The summed E-state index contributed by atoms with van der Waals surface area (Å²) in [6.07, 6.45) is 0.857. The number of carboxylic acids is 1. The highest BCUT2D eigenvalue weighted by molar-refractivity contribution is 5.90. The molecular weight excluding hydrogens is 234 g/mol. The van der Waals surface area contributed by atoms with Gasteiger partial charge in [0.1, 0.15) is 11.6 Å². The molecule has 6 nitrogen and oxygen atoms in total. The van der Waals surface area contributed by atoms with E-state index in [9.17, 15) is 9.59 Å². The van der Waals surface area contributed by atoms with Gasteiger partial charge in [0.15, 0.2) is 0 Å². The molecule has 0 aromatic carbocycles. The van der Waals surface area contributed by atoms with Crippen molar-refractivity contribution in [2.24, 2.45) is 0 Å². The minimum atomic E-state index is -1.02. The first-order valence-corrected chi connectivity index (χ1v) is 5.96. The molecule has 2 N–H and O–H groups in total. The Bertz CT molecular complexity index is 465. The fourth-order valence-electron chi connectivity index (χ4n) is 1.86. The summed E-state index contributed by atoms with van der Waals surface area (Å²) >= 11 is 0. The molecule has 0 bridgehead atoms. The van der Waals surface area contributed by atoms with Gasteiger partial charge in [0.05, 0.1) is 11.4 Å². The number of aromatic carboxylic acids is 1. The molecule has 0 fully saturated rings. The Morgan fingerprint density at radius 1 is 1.44 bits per heavy atom. The van der Waals surface area contributed by atoms with Gasteiger partial charge in [0, 0.05) is 6.54 Å². The molecule has 0 aliphatic heterocycles. The van der Waals surface area contributed by atoms with Crippen molar-refractivity contribution in [2.45, 2.75) is 40.2 Å². The monoisotopic (exact) mass is 253 g/mol. The summed E-state index contributed by atoms with van der Waals surface area (Å²) in [4.78, 5) is 22.9. The number of amides is 1. The third kappa shape index (κ3) is 2.69. The Labute approximate surface area is 106 Å². The van der Waals surface area contributed by atoms with Crippen molar-refractivity contribution in [1.82, 2.24) is 15.1 Å². The molecule has 1 rings (SSSR count). The van der Waals surface area contributed by atoms with Crippen LogP contribution in [0.5, 0.6) is 0 Å². The van der Waals surface area contributed by atoms with Gasteiger partial charge >= 0.3 is 5.97 Å². The number of carboxylic acid groups (broad SMARTS) is 1. The first-order chi connectivity index (χ1) is 8.40. The summed E-state index contributed by atoms with van der Waals surface area (Å²) < 4.78 is 1.46. The SMILES string of the molecule is CCCNC(=O)C(C)n1nc(C)c(C(=O)O)c1C. The third-order valence-corrected chi connectivity index (χ3v) is 2.83. The van der Waals surface area contributed by atoms with E-state index in [4.69, 9.17) is 5.11 Å². The summed E-state index contributed by atoms with van der Waals surface area (Å²) in [5.41, 5.74) is 1.10. The summed E-state index contributed by atoms with van der Waals surface area (Å²) in [7, 11) is 0. The Balaban J connectivity index is 3.00. The van der Waals surface area contributed by atoms with E-state index in [1.807, 2.05) is 6.92 Å². The van der Waals surface area contributed by atoms with E-state index in [0.717, 1.165) is 6.42 Å². The fraction of sp³-hybridized carbons (Fsp3) is 0.583. The van der Waals surface area contributed by atoms with Gasteiger partial charge in [-0.3, -0.25) is 9.48 Å². The number of rotatable bonds is 5. The van der Waals surface area contributed by atoms with Crippen molar-refractivity contribution in [1.29, 1.82) is 0 Å². The maximum Gasteiger partial charge on any atom is 0.339 e. The Morgan fingerprint density at radius 3 is 2.50 bits per heavy atom. The number of nitrogens with zero attached hydrogens (tertiary/aromatic N) is 2. The quantitative estimate of drug-likeness (QED) is 0.828. The molecule has 0 aliphatic rings. The minimum absolute atomic E-state index is 0.153. The zero-order valence-corrected chi connectivity index (χ0v) is 11.1. The zero-order valence-electron chi connectivity index (χ0n) is 11.1. The number of hydrogen-bond donors (Lipinski definition) is 2. The van der Waals surface area contributed by atoms with Gasteiger partial charge in [-0.25, -0.2) is 4.79 Å². The number of nitrogens with one attached hydrogen (secondary N) is 1. The number of aromatic nitrogens is 2. The third-order valence-electron chi connectivity index (χ3n) is 2.83. The molecule has 6 heteroatoms. The zero-order chi connectivity index (χ0) is 13.9. The predicted octanol–water partition coefficient (Wildman–Crippen LogP) is 1.29. The summed E-state index contributed by atoms with van der Waals surface area (Å²) in [6, 6.07) is -0.511. The van der Waals surface area contributed by atoms with Crippen LogP contribution < -0.4 is 5.32 Å². The molecule has 0 saturated carbocycles. The van der Waals surface area contributed by atoms with Crippen molar-refractivity contribution >= 4 is 11.9 Å². The maximum absolute atomic E-state index is 11.8. The average Bonchev–Trinajstić information content (AvgIpc) is 2.60. The highest BCUT2D eigenvalue weighted by atomic mass is 16.4. The van der Waals surface area contributed by atoms with Crippen molar-refractivity contribution in [3.8, 4) is 0 Å². The van der Waals surface area contributed by atoms with Crippen LogP contribution in [0.25, 0.3) is 0 Å². The second-order valence-electron chi connectivity index (χ2n) is 4.26. The Hall–Kier alpha value is -1.85. The van der Waals surface area contributed by atoms with Gasteiger partial charge in [0.25, 0.3) is 0 Å². The number of carbonyl (C=O) groups is 2. The lowest BCUT2D eigenvalue weighted by Gasteiger charge is -2.14. The van der Waals surface area contributed by atoms with Gasteiger partial charge in [-0.2, -0.15) is 5.10 Å². The molecule has 1 atom stereocenters. The van der Waals surface area contributed by atoms with E-state index < -0.39 is 12.0 Å². The van der Waals surface area contributed by atoms with E-state index in [2.05, 4.69) is 10.4 Å². The largest absolute Gasteiger partial charge is 0.478 e. The number of aryl methyl sites for hydroxylation is 1. The van der Waals surface area contributed by atoms with Crippen LogP contribution in [0, 0.1) is 13.8 Å². The molecule has 18 heavy (non-hydrogen) atoms. The standard InChI is InChI=1S/C12H19N3O3/c1-5-6-13-11(16)9(4)15-8(3)10(12(17)18)7(2)14-15/h9H,5-6H2,1-4H3,(H,13,16)(H,17,18). The van der Waals surface area contributed by atoms with Gasteiger partial charge in [-0.05, 0) is 27.2 Å². The van der Waals surface area contributed by atoms with Crippen molar-refractivity contribution in [3.63, 3.8) is 0 Å². The topological polar surface area (TPSA) is 84.2 Å². The lowest BCUT2D eigenvalue weighted by Crippen LogP contribution is -2.32. The van der Waals surface area contributed by atoms with Crippen LogP contribution in [0.3, 0.4) is 0 Å². The maximum atomic E-state index is 11.8. The van der Waals surface area contributed by atoms with Crippen LogP contribution in [-0.4, -0.2) is 33.3 Å². The van der Waals surface area contributed by atoms with Crippen LogP contribution in [0.15, 0.2) is 0 Å². The molecular formula is C12H19N3O3. The van der Waals surface area contributed by atoms with Gasteiger partial charge in [0.2, 0.25) is 5.91 Å². The lowest BCUT2D eigenvalue weighted by molar-refractivity contribution is -0.124. The predicted molar refractivity (Wildman–Crippen MR) is 66.7 cm³/mol. The van der Waals surface area contributed by atoms with E-state index >= 15 is 0 Å². The molecule has 1 aromatic heterocycles. The smallest absolute Gasteiger partial charge is 0.339 e. The first kappa shape index (κ1) is 14.2. The summed E-state index contributed by atoms with van der Waals surface area (Å²) in [6.45, 7) is 7.57. The molecule has 1 heterocycles. The van der Waals surface area contributed by atoms with Crippen LogP contribution in [0.2, 0.25) is 0 Å². The molecule has 1 aromatic rings. The minimum Gasteiger partial charge on any atom is -0.478 e. The first-order valence-electron chi connectivity index (χ1n) is 5.96. The molecule has 1 unspecified atom stereocenters. The van der Waals surface area contributed by atoms with E-state index in [0.29, 0.717) is 17.9 Å². The Kier molecular flexibility index (Phi) is 4.47. The molecule has 0 radical (unpaired) electrons. The second-order valence-corrected chi connectivity index (χ2v) is 4.26. The fourth-order valence-corrected chi connectivity index (χ4v) is 1.86. The molecule has 0 saturated heterocycles.